The molecule has 180 valence electrons. The first-order chi connectivity index (χ1) is 16.4. The summed E-state index contributed by atoms with van der Waals surface area (Å²) in [6.45, 7) is 0.180. The van der Waals surface area contributed by atoms with Crippen LogP contribution < -0.4 is 10.5 Å². The van der Waals surface area contributed by atoms with Gasteiger partial charge in [-0.25, -0.2) is 0 Å². The summed E-state index contributed by atoms with van der Waals surface area (Å²) in [7, 11) is 0. The summed E-state index contributed by atoms with van der Waals surface area (Å²) in [6.07, 6.45) is 2.50. The largest absolute Gasteiger partial charge is 0.489 e. The average molecular weight is 500 g/mol. The quantitative estimate of drug-likeness (QED) is 0.252. The zero-order valence-electron chi connectivity index (χ0n) is 19.0. The molecule has 0 bridgehead atoms. The Morgan fingerprint density at radius 1 is 1.00 bits per heavy atom. The monoisotopic (exact) mass is 499 g/mol. The number of hydrogen-bond donors (Lipinski definition) is 3. The summed E-state index contributed by atoms with van der Waals surface area (Å²) < 4.78 is 5.92. The van der Waals surface area contributed by atoms with E-state index in [2.05, 4.69) is 6.07 Å². The molecule has 7 heteroatoms. The number of carboxylic acid groups (broad SMARTS) is 1. The number of carboxylic acids is 1. The second kappa shape index (κ2) is 12.8. The van der Waals surface area contributed by atoms with Crippen LogP contribution in [0.15, 0.2) is 82.6 Å². The van der Waals surface area contributed by atoms with Crippen LogP contribution in [0.25, 0.3) is 0 Å². The lowest BCUT2D eigenvalue weighted by molar-refractivity contribution is -0.138. The zero-order valence-corrected chi connectivity index (χ0v) is 20.5. The highest BCUT2D eigenvalue weighted by Crippen LogP contribution is 2.33. The maximum atomic E-state index is 10.9. The second-order valence-corrected chi connectivity index (χ2v) is 9.96. The normalized spacial score (nSPS) is 12.8. The Morgan fingerprint density at radius 3 is 2.47 bits per heavy atom. The van der Waals surface area contributed by atoms with Gasteiger partial charge in [-0.2, -0.15) is 0 Å². The van der Waals surface area contributed by atoms with Gasteiger partial charge in [0.1, 0.15) is 12.4 Å². The Morgan fingerprint density at radius 2 is 1.76 bits per heavy atom. The molecule has 5 nitrogen and oxygen atoms in total. The Labute approximate surface area is 209 Å². The molecule has 0 aliphatic rings. The summed E-state index contributed by atoms with van der Waals surface area (Å²) in [4.78, 5) is 13.0. The van der Waals surface area contributed by atoms with Crippen molar-refractivity contribution in [2.24, 2.45) is 5.73 Å². The number of aryl methyl sites for hydroxylation is 1. The summed E-state index contributed by atoms with van der Waals surface area (Å²) in [5, 5.41) is 19.1. The van der Waals surface area contributed by atoms with E-state index < -0.39 is 11.5 Å². The van der Waals surface area contributed by atoms with Crippen molar-refractivity contribution in [2.75, 3.05) is 6.61 Å². The van der Waals surface area contributed by atoms with Crippen LogP contribution in [0.3, 0.4) is 0 Å². The lowest BCUT2D eigenvalue weighted by atomic mass is 9.90. The molecule has 0 saturated heterocycles. The van der Waals surface area contributed by atoms with E-state index in [1.807, 2.05) is 66.7 Å². The van der Waals surface area contributed by atoms with Gasteiger partial charge in [-0.05, 0) is 60.7 Å². The van der Waals surface area contributed by atoms with E-state index in [0.29, 0.717) is 24.5 Å². The fourth-order valence-corrected chi connectivity index (χ4v) is 4.86. The molecule has 0 fully saturated rings. The predicted octanol–water partition coefficient (Wildman–Crippen LogP) is 5.95. The van der Waals surface area contributed by atoms with Crippen molar-refractivity contribution in [3.05, 3.63) is 88.9 Å². The van der Waals surface area contributed by atoms with Crippen LogP contribution >= 0.6 is 23.4 Å². The molecule has 0 spiro atoms. The second-order valence-electron chi connectivity index (χ2n) is 8.40. The van der Waals surface area contributed by atoms with E-state index in [-0.39, 0.29) is 13.0 Å². The van der Waals surface area contributed by atoms with Crippen LogP contribution in [-0.4, -0.2) is 28.3 Å². The molecule has 0 aliphatic carbocycles. The first kappa shape index (κ1) is 26.1. The van der Waals surface area contributed by atoms with Crippen molar-refractivity contribution < 1.29 is 19.7 Å². The lowest BCUT2D eigenvalue weighted by Gasteiger charge is -2.25. The topological polar surface area (TPSA) is 92.8 Å². The Kier molecular flexibility index (Phi) is 9.84. The summed E-state index contributed by atoms with van der Waals surface area (Å²) in [6, 6.07) is 24.1. The standard InChI is InChI=1S/C27H30ClNO4S/c28-25-16-24(13-12-21(25)9-4-5-14-27(29,19-30)17-26(31)32)34-23-11-6-10-22(15-23)33-18-20-7-2-1-3-8-20/h1-3,6-8,10-13,15-16,30H,4-5,9,14,17-19,29H2,(H,31,32). The molecule has 0 aliphatic heterocycles. The predicted molar refractivity (Wildman–Crippen MR) is 137 cm³/mol. The fraction of sp³-hybridized carbons (Fsp3) is 0.296. The van der Waals surface area contributed by atoms with Crippen LogP contribution in [0.2, 0.25) is 5.02 Å². The number of rotatable bonds is 13. The van der Waals surface area contributed by atoms with E-state index in [1.165, 1.54) is 0 Å². The molecule has 0 aromatic heterocycles. The van der Waals surface area contributed by atoms with Gasteiger partial charge < -0.3 is 20.7 Å². The minimum absolute atomic E-state index is 0.241. The number of aliphatic carboxylic acids is 1. The van der Waals surface area contributed by atoms with Crippen LogP contribution in [0.1, 0.15) is 36.8 Å². The molecular formula is C27H30ClNO4S. The van der Waals surface area contributed by atoms with Crippen LogP contribution in [0, 0.1) is 0 Å². The van der Waals surface area contributed by atoms with Crippen LogP contribution in [0.5, 0.6) is 5.75 Å². The number of halogens is 1. The highest BCUT2D eigenvalue weighted by Gasteiger charge is 2.26. The van der Waals surface area contributed by atoms with E-state index in [0.717, 1.165) is 39.5 Å². The Balaban J connectivity index is 1.51. The van der Waals surface area contributed by atoms with Gasteiger partial charge in [0.05, 0.1) is 13.0 Å². The molecule has 3 aromatic carbocycles. The van der Waals surface area contributed by atoms with Crippen molar-refractivity contribution >= 4 is 29.3 Å². The van der Waals surface area contributed by atoms with E-state index in [1.54, 1.807) is 11.8 Å². The van der Waals surface area contributed by atoms with Crippen LogP contribution in [0.4, 0.5) is 0 Å². The molecule has 0 saturated carbocycles. The maximum Gasteiger partial charge on any atom is 0.305 e. The number of unbranched alkanes of at least 4 members (excludes halogenated alkanes) is 1. The number of ether oxygens (including phenoxy) is 1. The molecule has 1 unspecified atom stereocenters. The van der Waals surface area contributed by atoms with Gasteiger partial charge in [0.25, 0.3) is 0 Å². The van der Waals surface area contributed by atoms with Gasteiger partial charge in [0.15, 0.2) is 0 Å². The first-order valence-electron chi connectivity index (χ1n) is 11.2. The minimum Gasteiger partial charge on any atom is -0.489 e. The number of nitrogens with two attached hydrogens (primary N) is 1. The molecule has 4 N–H and O–H groups in total. The summed E-state index contributed by atoms with van der Waals surface area (Å²) >= 11 is 8.15. The smallest absolute Gasteiger partial charge is 0.305 e. The highest BCUT2D eigenvalue weighted by molar-refractivity contribution is 7.99. The molecule has 1 atom stereocenters. The number of carbonyl (C=O) groups is 1. The zero-order chi connectivity index (χ0) is 24.4. The minimum atomic E-state index is -1.07. The van der Waals surface area contributed by atoms with Gasteiger partial charge >= 0.3 is 5.97 Å². The van der Waals surface area contributed by atoms with Crippen LogP contribution in [-0.2, 0) is 17.8 Å². The van der Waals surface area contributed by atoms with Crippen molar-refractivity contribution in [1.29, 1.82) is 0 Å². The molecule has 0 heterocycles. The van der Waals surface area contributed by atoms with Gasteiger partial charge in [0.2, 0.25) is 0 Å². The van der Waals surface area contributed by atoms with E-state index >= 15 is 0 Å². The van der Waals surface area contributed by atoms with Gasteiger partial charge in [-0.1, -0.05) is 72.2 Å². The number of aliphatic hydroxyl groups is 1. The van der Waals surface area contributed by atoms with Crippen molar-refractivity contribution in [3.8, 4) is 5.75 Å². The van der Waals surface area contributed by atoms with Crippen molar-refractivity contribution in [3.63, 3.8) is 0 Å². The van der Waals surface area contributed by atoms with Gasteiger partial charge in [0, 0.05) is 20.4 Å². The molecule has 0 radical (unpaired) electrons. The third-order valence-electron chi connectivity index (χ3n) is 5.50. The van der Waals surface area contributed by atoms with Gasteiger partial charge in [-0.3, -0.25) is 4.79 Å². The number of benzene rings is 3. The van der Waals surface area contributed by atoms with Gasteiger partial charge in [-0.15, -0.1) is 0 Å². The molecular weight excluding hydrogens is 470 g/mol. The highest BCUT2D eigenvalue weighted by atomic mass is 35.5. The number of hydrogen-bond acceptors (Lipinski definition) is 5. The van der Waals surface area contributed by atoms with Crippen molar-refractivity contribution in [1.82, 2.24) is 0 Å². The van der Waals surface area contributed by atoms with E-state index in [9.17, 15) is 9.90 Å². The third kappa shape index (κ3) is 8.37. The van der Waals surface area contributed by atoms with E-state index in [4.69, 9.17) is 27.2 Å². The molecule has 0 amide bonds. The maximum absolute atomic E-state index is 10.9. The average Bonchev–Trinajstić information content (AvgIpc) is 2.82. The fourth-order valence-electron chi connectivity index (χ4n) is 3.62. The number of aliphatic hydroxyl groups excluding tert-OH is 1. The summed E-state index contributed by atoms with van der Waals surface area (Å²) in [5.74, 6) is -0.181. The molecule has 34 heavy (non-hydrogen) atoms. The molecule has 3 aromatic rings. The summed E-state index contributed by atoms with van der Waals surface area (Å²) in [5.41, 5.74) is 7.08. The SMILES string of the molecule is NC(CO)(CCCCc1ccc(Sc2cccc(OCc3ccccc3)c2)cc1Cl)CC(=O)O. The first-order valence-corrected chi connectivity index (χ1v) is 12.4. The Bertz CT molecular complexity index is 1080. The lowest BCUT2D eigenvalue weighted by Crippen LogP contribution is -2.45. The van der Waals surface area contributed by atoms with Crippen molar-refractivity contribution in [2.45, 2.75) is 54.0 Å². The molecule has 3 rings (SSSR count). The Hall–Kier alpha value is -2.51. The third-order valence-corrected chi connectivity index (χ3v) is 6.83.